The summed E-state index contributed by atoms with van der Waals surface area (Å²) in [5.74, 6) is 1.86. The van der Waals surface area contributed by atoms with E-state index in [1.165, 1.54) is 0 Å². The molecule has 2 heterocycles. The van der Waals surface area contributed by atoms with Gasteiger partial charge in [-0.25, -0.2) is 0 Å². The van der Waals surface area contributed by atoms with Gasteiger partial charge in [-0.1, -0.05) is 12.1 Å². The predicted octanol–water partition coefficient (Wildman–Crippen LogP) is 2.83. The Morgan fingerprint density at radius 3 is 2.00 bits per heavy atom. The fourth-order valence-electron chi connectivity index (χ4n) is 3.76. The summed E-state index contributed by atoms with van der Waals surface area (Å²) in [5.41, 5.74) is 3.68. The lowest BCUT2D eigenvalue weighted by molar-refractivity contribution is 0.188. The number of rotatable bonds is 8. The molecule has 0 saturated carbocycles. The van der Waals surface area contributed by atoms with Crippen LogP contribution in [0.15, 0.2) is 48.5 Å². The van der Waals surface area contributed by atoms with Gasteiger partial charge in [-0.2, -0.15) is 15.0 Å². The van der Waals surface area contributed by atoms with Gasteiger partial charge in [-0.3, -0.25) is 4.90 Å². The van der Waals surface area contributed by atoms with Crippen LogP contribution >= 0.6 is 0 Å². The van der Waals surface area contributed by atoms with Gasteiger partial charge in [0.25, 0.3) is 0 Å². The molecule has 1 atom stereocenters. The van der Waals surface area contributed by atoms with Crippen LogP contribution in [-0.4, -0.2) is 69.4 Å². The SMILES string of the molecule is Cc1nc(Nc2ccc(Nc3ccc(C(C)O)cc3)cc2)nc(N2CCN(CCO)CC2)n1. The van der Waals surface area contributed by atoms with Crippen molar-refractivity contribution in [2.45, 2.75) is 20.0 Å². The molecule has 33 heavy (non-hydrogen) atoms. The van der Waals surface area contributed by atoms with E-state index in [4.69, 9.17) is 5.11 Å². The van der Waals surface area contributed by atoms with Crippen molar-refractivity contribution in [3.8, 4) is 0 Å². The Morgan fingerprint density at radius 1 is 0.848 bits per heavy atom. The molecule has 1 aliphatic heterocycles. The summed E-state index contributed by atoms with van der Waals surface area (Å²) in [6.45, 7) is 7.91. The number of aromatic nitrogens is 3. The van der Waals surface area contributed by atoms with E-state index in [1.54, 1.807) is 6.92 Å². The molecular formula is C24H31N7O2. The van der Waals surface area contributed by atoms with Gasteiger partial charge >= 0.3 is 0 Å². The van der Waals surface area contributed by atoms with Crippen molar-refractivity contribution in [3.05, 3.63) is 59.9 Å². The van der Waals surface area contributed by atoms with Crippen LogP contribution in [0.3, 0.4) is 0 Å². The number of aliphatic hydroxyl groups excluding tert-OH is 2. The minimum atomic E-state index is -0.472. The second-order valence-corrected chi connectivity index (χ2v) is 8.18. The largest absolute Gasteiger partial charge is 0.395 e. The molecule has 174 valence electrons. The quantitative estimate of drug-likeness (QED) is 0.413. The average Bonchev–Trinajstić information content (AvgIpc) is 2.81. The number of aryl methyl sites for hydroxylation is 1. The lowest BCUT2D eigenvalue weighted by atomic mass is 10.1. The highest BCUT2D eigenvalue weighted by molar-refractivity contribution is 5.64. The maximum absolute atomic E-state index is 9.64. The Kier molecular flexibility index (Phi) is 7.33. The maximum Gasteiger partial charge on any atom is 0.232 e. The summed E-state index contributed by atoms with van der Waals surface area (Å²) in [5, 5.41) is 25.4. The van der Waals surface area contributed by atoms with Crippen molar-refractivity contribution in [1.29, 1.82) is 0 Å². The van der Waals surface area contributed by atoms with Gasteiger partial charge in [-0.05, 0) is 55.8 Å². The van der Waals surface area contributed by atoms with Gasteiger partial charge in [0, 0.05) is 49.8 Å². The van der Waals surface area contributed by atoms with Crippen LogP contribution in [0.2, 0.25) is 0 Å². The number of benzene rings is 2. The van der Waals surface area contributed by atoms with Crippen LogP contribution in [0, 0.1) is 6.92 Å². The normalized spacial score (nSPS) is 15.3. The average molecular weight is 450 g/mol. The third kappa shape index (κ3) is 6.16. The van der Waals surface area contributed by atoms with E-state index >= 15 is 0 Å². The number of aliphatic hydroxyl groups is 2. The fourth-order valence-corrected chi connectivity index (χ4v) is 3.76. The Bertz CT molecular complexity index is 1030. The fraction of sp³-hybridized carbons (Fsp3) is 0.375. The van der Waals surface area contributed by atoms with Gasteiger partial charge in [0.05, 0.1) is 12.7 Å². The lowest BCUT2D eigenvalue weighted by Crippen LogP contribution is -2.47. The molecule has 1 unspecified atom stereocenters. The molecule has 3 aromatic rings. The van der Waals surface area contributed by atoms with Crippen LogP contribution in [0.1, 0.15) is 24.4 Å². The van der Waals surface area contributed by atoms with Crippen molar-refractivity contribution in [1.82, 2.24) is 19.9 Å². The summed E-state index contributed by atoms with van der Waals surface area (Å²) in [6, 6.07) is 15.6. The molecule has 2 aromatic carbocycles. The molecule has 9 heteroatoms. The van der Waals surface area contributed by atoms with Gasteiger partial charge in [0.2, 0.25) is 11.9 Å². The third-order valence-corrected chi connectivity index (χ3v) is 5.63. The highest BCUT2D eigenvalue weighted by Crippen LogP contribution is 2.23. The molecule has 0 radical (unpaired) electrons. The predicted molar refractivity (Wildman–Crippen MR) is 130 cm³/mol. The molecule has 1 saturated heterocycles. The second kappa shape index (κ2) is 10.6. The van der Waals surface area contributed by atoms with Crippen molar-refractivity contribution < 1.29 is 10.2 Å². The Labute approximate surface area is 194 Å². The highest BCUT2D eigenvalue weighted by atomic mass is 16.3. The monoisotopic (exact) mass is 449 g/mol. The standard InChI is InChI=1S/C24H31N7O2/c1-17(33)19-3-5-20(6-4-19)27-21-7-9-22(10-8-21)28-23-25-18(2)26-24(29-23)31-13-11-30(12-14-31)15-16-32/h3-10,17,27,32-33H,11-16H2,1-2H3,(H,25,26,28,29). The van der Waals surface area contributed by atoms with Crippen LogP contribution in [0.5, 0.6) is 0 Å². The van der Waals surface area contributed by atoms with E-state index < -0.39 is 6.10 Å². The summed E-state index contributed by atoms with van der Waals surface area (Å²) in [7, 11) is 0. The first-order valence-electron chi connectivity index (χ1n) is 11.2. The summed E-state index contributed by atoms with van der Waals surface area (Å²) in [4.78, 5) is 18.0. The zero-order valence-electron chi connectivity index (χ0n) is 19.1. The smallest absolute Gasteiger partial charge is 0.232 e. The maximum atomic E-state index is 9.64. The van der Waals surface area contributed by atoms with E-state index in [9.17, 15) is 5.11 Å². The Balaban J connectivity index is 1.38. The molecule has 1 aliphatic rings. The van der Waals surface area contributed by atoms with Crippen molar-refractivity contribution in [2.24, 2.45) is 0 Å². The van der Waals surface area contributed by atoms with E-state index in [0.717, 1.165) is 48.8 Å². The van der Waals surface area contributed by atoms with E-state index in [1.807, 2.05) is 55.5 Å². The van der Waals surface area contributed by atoms with Gasteiger partial charge < -0.3 is 25.7 Å². The molecule has 1 aromatic heterocycles. The molecule has 0 bridgehead atoms. The molecule has 4 rings (SSSR count). The number of nitrogens with one attached hydrogen (secondary N) is 2. The molecule has 4 N–H and O–H groups in total. The van der Waals surface area contributed by atoms with Crippen molar-refractivity contribution >= 4 is 29.0 Å². The highest BCUT2D eigenvalue weighted by Gasteiger charge is 2.19. The van der Waals surface area contributed by atoms with Crippen molar-refractivity contribution in [3.63, 3.8) is 0 Å². The molecule has 9 nitrogen and oxygen atoms in total. The van der Waals surface area contributed by atoms with E-state index in [-0.39, 0.29) is 6.61 Å². The van der Waals surface area contributed by atoms with Gasteiger partial charge in [-0.15, -0.1) is 0 Å². The lowest BCUT2D eigenvalue weighted by Gasteiger charge is -2.34. The number of nitrogens with zero attached hydrogens (tertiary/aromatic N) is 5. The number of hydrogen-bond acceptors (Lipinski definition) is 9. The van der Waals surface area contributed by atoms with Crippen LogP contribution < -0.4 is 15.5 Å². The number of hydrogen-bond donors (Lipinski definition) is 4. The Hall–Kier alpha value is -3.27. The minimum absolute atomic E-state index is 0.183. The summed E-state index contributed by atoms with van der Waals surface area (Å²) in [6.07, 6.45) is -0.472. The molecule has 0 aliphatic carbocycles. The van der Waals surface area contributed by atoms with E-state index in [0.29, 0.717) is 24.3 Å². The van der Waals surface area contributed by atoms with E-state index in [2.05, 4.69) is 35.4 Å². The summed E-state index contributed by atoms with van der Waals surface area (Å²) < 4.78 is 0. The Morgan fingerprint density at radius 2 is 1.42 bits per heavy atom. The first-order chi connectivity index (χ1) is 16.0. The van der Waals surface area contributed by atoms with Gasteiger partial charge in [0.15, 0.2) is 0 Å². The molecule has 1 fully saturated rings. The molecule has 0 amide bonds. The van der Waals surface area contributed by atoms with Crippen LogP contribution in [-0.2, 0) is 0 Å². The third-order valence-electron chi connectivity index (χ3n) is 5.63. The topological polar surface area (TPSA) is 110 Å². The summed E-state index contributed by atoms with van der Waals surface area (Å²) >= 11 is 0. The van der Waals surface area contributed by atoms with Crippen LogP contribution in [0.25, 0.3) is 0 Å². The number of β-amino-alcohol motifs (C(OH)–C–C–N with tert-alkyl or cyclic N) is 1. The number of anilines is 5. The van der Waals surface area contributed by atoms with Gasteiger partial charge in [0.1, 0.15) is 5.82 Å². The van der Waals surface area contributed by atoms with Crippen LogP contribution in [0.4, 0.5) is 29.0 Å². The van der Waals surface area contributed by atoms with Crippen molar-refractivity contribution in [2.75, 3.05) is 54.9 Å². The first-order valence-corrected chi connectivity index (χ1v) is 11.2. The number of piperazine rings is 1. The second-order valence-electron chi connectivity index (χ2n) is 8.18. The molecular weight excluding hydrogens is 418 g/mol. The molecule has 0 spiro atoms. The minimum Gasteiger partial charge on any atom is -0.395 e. The first kappa shape index (κ1) is 22.9. The zero-order valence-corrected chi connectivity index (χ0v) is 19.1. The zero-order chi connectivity index (χ0) is 23.2.